The van der Waals surface area contributed by atoms with Crippen molar-refractivity contribution >= 4 is 26.0 Å². The Kier molecular flexibility index (Phi) is 5.16. The summed E-state index contributed by atoms with van der Waals surface area (Å²) in [5, 5.41) is 9.00. The maximum absolute atomic E-state index is 12.5. The normalized spacial score (nSPS) is 11.8. The fraction of sp³-hybridized carbons (Fsp3) is 0.200. The smallest absolute Gasteiger partial charge is 0.243 e. The first kappa shape index (κ1) is 16.2. The number of aliphatic hydroxyl groups excluding tert-OH is 1. The molecule has 0 amide bonds. The van der Waals surface area contributed by atoms with E-state index in [4.69, 9.17) is 5.11 Å². The molecule has 0 unspecified atom stereocenters. The zero-order valence-corrected chi connectivity index (χ0v) is 13.9. The average Bonchev–Trinajstić information content (AvgIpc) is 2.49. The number of sulfonamides is 1. The molecule has 2 aromatic carbocycles. The first-order valence-corrected chi connectivity index (χ1v) is 8.58. The second-order valence-electron chi connectivity index (χ2n) is 4.65. The molecular formula is C15H16BrNO3S. The number of hydrogen-bond acceptors (Lipinski definition) is 3. The van der Waals surface area contributed by atoms with Crippen molar-refractivity contribution in [1.29, 1.82) is 0 Å². The lowest BCUT2D eigenvalue weighted by Crippen LogP contribution is -2.26. The highest BCUT2D eigenvalue weighted by Gasteiger charge is 2.21. The Bertz CT molecular complexity index is 714. The van der Waals surface area contributed by atoms with Crippen LogP contribution in [0.25, 0.3) is 0 Å². The highest BCUT2D eigenvalue weighted by molar-refractivity contribution is 9.10. The molecule has 0 aliphatic heterocycles. The molecule has 21 heavy (non-hydrogen) atoms. The van der Waals surface area contributed by atoms with Gasteiger partial charge in [0.15, 0.2) is 0 Å². The largest absolute Gasteiger partial charge is 0.392 e. The second kappa shape index (κ2) is 6.70. The van der Waals surface area contributed by atoms with Gasteiger partial charge in [-0.25, -0.2) is 8.42 Å². The van der Waals surface area contributed by atoms with Gasteiger partial charge in [0.2, 0.25) is 10.0 Å². The summed E-state index contributed by atoms with van der Waals surface area (Å²) in [4.78, 5) is 0.217. The zero-order chi connectivity index (χ0) is 15.5. The van der Waals surface area contributed by atoms with Crippen molar-refractivity contribution in [3.05, 3.63) is 64.1 Å². The Balaban J connectivity index is 2.24. The molecule has 0 aliphatic carbocycles. The summed E-state index contributed by atoms with van der Waals surface area (Å²) < 4.78 is 27.2. The molecule has 2 aromatic rings. The summed E-state index contributed by atoms with van der Waals surface area (Å²) in [7, 11) is -2.00. The number of benzene rings is 2. The topological polar surface area (TPSA) is 57.6 Å². The van der Waals surface area contributed by atoms with Crippen LogP contribution in [0.5, 0.6) is 0 Å². The zero-order valence-electron chi connectivity index (χ0n) is 11.5. The summed E-state index contributed by atoms with van der Waals surface area (Å²) in [5.41, 5.74) is 1.58. The number of aliphatic hydroxyl groups is 1. The van der Waals surface area contributed by atoms with Gasteiger partial charge in [0.05, 0.1) is 11.5 Å². The lowest BCUT2D eigenvalue weighted by molar-refractivity contribution is 0.281. The van der Waals surface area contributed by atoms with Crippen molar-refractivity contribution in [2.75, 3.05) is 7.05 Å². The van der Waals surface area contributed by atoms with Gasteiger partial charge in [-0.15, -0.1) is 0 Å². The van der Waals surface area contributed by atoms with Crippen LogP contribution in [0.2, 0.25) is 0 Å². The van der Waals surface area contributed by atoms with Gasteiger partial charge in [0, 0.05) is 18.1 Å². The third-order valence-corrected chi connectivity index (χ3v) is 5.76. The molecule has 1 N–H and O–H groups in total. The molecule has 0 fully saturated rings. The van der Waals surface area contributed by atoms with Crippen LogP contribution in [0.15, 0.2) is 57.9 Å². The van der Waals surface area contributed by atoms with E-state index in [1.165, 1.54) is 16.4 Å². The molecule has 0 saturated heterocycles. The fourth-order valence-electron chi connectivity index (χ4n) is 1.90. The van der Waals surface area contributed by atoms with E-state index < -0.39 is 10.0 Å². The molecule has 0 heterocycles. The molecule has 2 rings (SSSR count). The van der Waals surface area contributed by atoms with Gasteiger partial charge in [-0.2, -0.15) is 4.31 Å². The van der Waals surface area contributed by atoms with Crippen molar-refractivity contribution < 1.29 is 13.5 Å². The fourth-order valence-corrected chi connectivity index (χ4v) is 3.46. The Labute approximate surface area is 133 Å². The van der Waals surface area contributed by atoms with Crippen LogP contribution in [0.3, 0.4) is 0 Å². The summed E-state index contributed by atoms with van der Waals surface area (Å²) in [5.74, 6) is 0. The van der Waals surface area contributed by atoms with Crippen LogP contribution in [0.4, 0.5) is 0 Å². The van der Waals surface area contributed by atoms with Crippen LogP contribution < -0.4 is 0 Å². The third-order valence-electron chi connectivity index (χ3n) is 3.16. The van der Waals surface area contributed by atoms with Crippen LogP contribution in [0.1, 0.15) is 11.1 Å². The van der Waals surface area contributed by atoms with Gasteiger partial charge < -0.3 is 5.11 Å². The Morgan fingerprint density at radius 1 is 1.10 bits per heavy atom. The van der Waals surface area contributed by atoms with Gasteiger partial charge in [-0.1, -0.05) is 46.3 Å². The summed E-state index contributed by atoms with van der Waals surface area (Å²) >= 11 is 3.42. The van der Waals surface area contributed by atoms with Gasteiger partial charge in [0.1, 0.15) is 0 Å². The van der Waals surface area contributed by atoms with Crippen molar-refractivity contribution in [3.63, 3.8) is 0 Å². The van der Waals surface area contributed by atoms with Crippen molar-refractivity contribution in [2.24, 2.45) is 0 Å². The highest BCUT2D eigenvalue weighted by atomic mass is 79.9. The molecule has 112 valence electrons. The summed E-state index contributed by atoms with van der Waals surface area (Å²) in [6, 6.07) is 13.8. The van der Waals surface area contributed by atoms with Crippen LogP contribution in [-0.2, 0) is 23.2 Å². The SMILES string of the molecule is CN(Cc1ccccc1Br)S(=O)(=O)c1ccc(CO)cc1. The molecule has 0 aromatic heterocycles. The number of rotatable bonds is 5. The summed E-state index contributed by atoms with van der Waals surface area (Å²) in [6.45, 7) is 0.179. The van der Waals surface area contributed by atoms with Crippen LogP contribution >= 0.6 is 15.9 Å². The predicted molar refractivity (Wildman–Crippen MR) is 85.2 cm³/mol. The van der Waals surface area contributed by atoms with Crippen molar-refractivity contribution in [3.8, 4) is 0 Å². The van der Waals surface area contributed by atoms with Gasteiger partial charge in [-0.3, -0.25) is 0 Å². The minimum Gasteiger partial charge on any atom is -0.392 e. The first-order chi connectivity index (χ1) is 9.95. The minimum atomic E-state index is -3.55. The van der Waals surface area contributed by atoms with E-state index in [-0.39, 0.29) is 18.0 Å². The van der Waals surface area contributed by atoms with Crippen LogP contribution in [-0.4, -0.2) is 24.9 Å². The Morgan fingerprint density at radius 2 is 1.71 bits per heavy atom. The first-order valence-electron chi connectivity index (χ1n) is 6.34. The molecule has 6 heteroatoms. The maximum atomic E-state index is 12.5. The number of hydrogen-bond donors (Lipinski definition) is 1. The minimum absolute atomic E-state index is 0.104. The lowest BCUT2D eigenvalue weighted by atomic mass is 10.2. The Morgan fingerprint density at radius 3 is 2.29 bits per heavy atom. The average molecular weight is 370 g/mol. The van der Waals surface area contributed by atoms with E-state index in [2.05, 4.69) is 15.9 Å². The summed E-state index contributed by atoms with van der Waals surface area (Å²) in [6.07, 6.45) is 0. The lowest BCUT2D eigenvalue weighted by Gasteiger charge is -2.18. The number of halogens is 1. The molecule has 0 aliphatic rings. The van der Waals surface area contributed by atoms with E-state index in [9.17, 15) is 8.42 Å². The third kappa shape index (κ3) is 3.71. The molecule has 0 spiro atoms. The van der Waals surface area contributed by atoms with Crippen LogP contribution in [0, 0.1) is 0 Å². The second-order valence-corrected chi connectivity index (χ2v) is 7.55. The van der Waals surface area contributed by atoms with Gasteiger partial charge in [-0.05, 0) is 29.3 Å². The predicted octanol–water partition coefficient (Wildman–Crippen LogP) is 2.76. The van der Waals surface area contributed by atoms with E-state index in [1.54, 1.807) is 19.2 Å². The van der Waals surface area contributed by atoms with E-state index in [1.807, 2.05) is 24.3 Å². The monoisotopic (exact) mass is 369 g/mol. The quantitative estimate of drug-likeness (QED) is 0.881. The van der Waals surface area contributed by atoms with Crippen molar-refractivity contribution in [1.82, 2.24) is 4.31 Å². The Hall–Kier alpha value is -1.21. The molecule has 4 nitrogen and oxygen atoms in total. The van der Waals surface area contributed by atoms with Gasteiger partial charge >= 0.3 is 0 Å². The van der Waals surface area contributed by atoms with E-state index in [0.29, 0.717) is 5.56 Å². The highest BCUT2D eigenvalue weighted by Crippen LogP contribution is 2.21. The molecule has 0 atom stereocenters. The molecule has 0 saturated carbocycles. The standard InChI is InChI=1S/C15H16BrNO3S/c1-17(10-13-4-2-3-5-15(13)16)21(19,20)14-8-6-12(11-18)7-9-14/h2-9,18H,10-11H2,1H3. The van der Waals surface area contributed by atoms with E-state index in [0.717, 1.165) is 10.0 Å². The molecule has 0 bridgehead atoms. The molecule has 0 radical (unpaired) electrons. The van der Waals surface area contributed by atoms with Gasteiger partial charge in [0.25, 0.3) is 0 Å². The maximum Gasteiger partial charge on any atom is 0.243 e. The van der Waals surface area contributed by atoms with Crippen molar-refractivity contribution in [2.45, 2.75) is 18.0 Å². The number of nitrogens with zero attached hydrogens (tertiary/aromatic N) is 1. The molecular weight excluding hydrogens is 354 g/mol. The van der Waals surface area contributed by atoms with E-state index >= 15 is 0 Å².